The third-order valence-corrected chi connectivity index (χ3v) is 20.8. The van der Waals surface area contributed by atoms with E-state index in [0.717, 1.165) is 6.54 Å². The van der Waals surface area contributed by atoms with E-state index in [1.54, 1.807) is 0 Å². The third-order valence-electron chi connectivity index (χ3n) is 5.20. The first-order chi connectivity index (χ1) is 6.13. The maximum atomic E-state index is 12.2. The van der Waals surface area contributed by atoms with E-state index in [-0.39, 0.29) is 3.02 Å². The Kier molecular flexibility index (Phi) is 3.33. The van der Waals surface area contributed by atoms with Crippen molar-refractivity contribution in [2.24, 2.45) is 0 Å². The number of rotatable bonds is 0. The molecule has 0 aliphatic carbocycles. The molecule has 1 amide bonds. The number of carbonyl (C=O) groups excluding carboxylic acids is 1. The van der Waals surface area contributed by atoms with Crippen molar-refractivity contribution in [2.75, 3.05) is 6.54 Å². The van der Waals surface area contributed by atoms with E-state index in [4.69, 9.17) is 0 Å². The second-order valence-corrected chi connectivity index (χ2v) is 20.3. The molecule has 0 bridgehead atoms. The summed E-state index contributed by atoms with van der Waals surface area (Å²) in [6.45, 7) is 14.5. The predicted molar refractivity (Wildman–Crippen MR) is 63.4 cm³/mol. The maximum absolute atomic E-state index is 12.2. The van der Waals surface area contributed by atoms with Gasteiger partial charge in [0.25, 0.3) is 0 Å². The molecule has 1 aliphatic heterocycles. The van der Waals surface area contributed by atoms with E-state index in [2.05, 4.69) is 46.9 Å². The molecular formula is C11H23CaNO. The van der Waals surface area contributed by atoms with Crippen LogP contribution in [0.3, 0.4) is 0 Å². The monoisotopic (exact) mass is 225 g/mol. The molecule has 0 unspecified atom stereocenters. The van der Waals surface area contributed by atoms with E-state index in [1.807, 2.05) is 0 Å². The van der Waals surface area contributed by atoms with Crippen molar-refractivity contribution in [1.29, 1.82) is 0 Å². The van der Waals surface area contributed by atoms with E-state index in [0.29, 0.717) is 2.00 Å². The Hall–Kier alpha value is 0.730. The zero-order chi connectivity index (χ0) is 11.2. The number of carbonyl (C=O) groups is 1. The van der Waals surface area contributed by atoms with Crippen LogP contribution in [0.1, 0.15) is 41.5 Å². The Morgan fingerprint density at radius 2 is 1.50 bits per heavy atom. The van der Waals surface area contributed by atoms with Gasteiger partial charge >= 0.3 is 95.7 Å². The molecule has 1 rings (SSSR count). The molecule has 2 radical (unpaired) electrons. The predicted octanol–water partition coefficient (Wildman–Crippen LogP) is 3.34. The second-order valence-electron chi connectivity index (χ2n) is 7.61. The Morgan fingerprint density at radius 1 is 1.07 bits per heavy atom. The van der Waals surface area contributed by atoms with Gasteiger partial charge in [0.1, 0.15) is 0 Å². The van der Waals surface area contributed by atoms with E-state index < -0.39 is 29.9 Å². The zero-order valence-corrected chi connectivity index (χ0v) is 12.7. The first kappa shape index (κ1) is 12.8. The molecular weight excluding hydrogens is 202 g/mol. The third kappa shape index (κ3) is 1.74. The van der Waals surface area contributed by atoms with Crippen molar-refractivity contribution in [2.45, 2.75) is 47.1 Å². The van der Waals surface area contributed by atoms with Crippen LogP contribution >= 0.6 is 0 Å². The minimum absolute atomic E-state index is 0.238. The second kappa shape index (κ2) is 3.64. The molecule has 1 fully saturated rings. The van der Waals surface area contributed by atoms with Crippen LogP contribution in [0.5, 0.6) is 0 Å². The first-order valence-corrected chi connectivity index (χ1v) is 10.7. The van der Waals surface area contributed by atoms with Gasteiger partial charge in [-0.1, -0.05) is 0 Å². The molecule has 1 aliphatic rings. The topological polar surface area (TPSA) is 29.1 Å². The van der Waals surface area contributed by atoms with Gasteiger partial charge in [-0.25, -0.2) is 0 Å². The van der Waals surface area contributed by atoms with E-state index in [9.17, 15) is 4.79 Å². The van der Waals surface area contributed by atoms with Gasteiger partial charge in [-0.15, -0.1) is 0 Å². The van der Waals surface area contributed by atoms with Gasteiger partial charge in [-0.2, -0.15) is 0 Å². The van der Waals surface area contributed by atoms with Crippen LogP contribution in [0, 0.1) is 0 Å². The van der Waals surface area contributed by atoms with Gasteiger partial charge in [0.15, 0.2) is 0 Å². The molecule has 3 heteroatoms. The fourth-order valence-corrected chi connectivity index (χ4v) is 18.3. The summed E-state index contributed by atoms with van der Waals surface area (Å²) in [4.78, 5) is 12.2. The van der Waals surface area contributed by atoms with Crippen molar-refractivity contribution in [1.82, 2.24) is 5.32 Å². The Balaban J connectivity index is 3.23. The normalized spacial score (nSPS) is 22.3. The number of amides is 1. The molecule has 0 aromatic carbocycles. The van der Waals surface area contributed by atoms with Crippen LogP contribution in [-0.4, -0.2) is 38.5 Å². The molecule has 1 saturated heterocycles. The Bertz CT molecular complexity index is 233. The Morgan fingerprint density at radius 3 is 1.64 bits per heavy atom. The number of nitrogens with one attached hydrogen (secondary N) is 1. The molecule has 0 atom stereocenters. The van der Waals surface area contributed by atoms with Crippen LogP contribution in [0.15, 0.2) is 0 Å². The van der Waals surface area contributed by atoms with Crippen molar-refractivity contribution in [3.05, 3.63) is 0 Å². The van der Waals surface area contributed by atoms with Crippen LogP contribution < -0.4 is 5.32 Å². The summed E-state index contributed by atoms with van der Waals surface area (Å²) in [6.07, 6.45) is 0. The van der Waals surface area contributed by atoms with E-state index in [1.165, 1.54) is 2.52 Å². The molecule has 0 aromatic rings. The van der Waals surface area contributed by atoms with Crippen LogP contribution in [0.25, 0.3) is 0 Å². The molecule has 2 nitrogen and oxygen atoms in total. The molecule has 14 heavy (non-hydrogen) atoms. The summed E-state index contributed by atoms with van der Waals surface area (Å²) in [5, 5.41) is 3.08. The minimum atomic E-state index is -2.85. The van der Waals surface area contributed by atoms with Gasteiger partial charge in [0.2, 0.25) is 0 Å². The standard InChI is InChI=1S/2C4H9.C3H5NO.Ca/c2*1-4(2)3;1-2-4-3-5;/h2*1-3H3;1-2H2,(H,4,5);. The summed E-state index contributed by atoms with van der Waals surface area (Å²) < 4.78 is 2.11. The summed E-state index contributed by atoms with van der Waals surface area (Å²) in [5.74, 6) is 0. The number of hydrogen-bond acceptors (Lipinski definition) is 1. The van der Waals surface area contributed by atoms with Gasteiger partial charge in [-0.3, -0.25) is 0 Å². The van der Waals surface area contributed by atoms with E-state index >= 15 is 0 Å². The average Bonchev–Trinajstić information content (AvgIpc) is 2.27. The van der Waals surface area contributed by atoms with Crippen LogP contribution in [0.4, 0.5) is 4.79 Å². The summed E-state index contributed by atoms with van der Waals surface area (Å²) in [5.41, 5.74) is 0. The van der Waals surface area contributed by atoms with Crippen LogP contribution in [0.2, 0.25) is 5.54 Å². The van der Waals surface area contributed by atoms with Crippen molar-refractivity contribution in [3.8, 4) is 0 Å². The van der Waals surface area contributed by atoms with Crippen molar-refractivity contribution < 1.29 is 4.79 Å². The number of hydrogen-bond donors (Lipinski definition) is 1. The van der Waals surface area contributed by atoms with Crippen molar-refractivity contribution >= 4 is 31.9 Å². The van der Waals surface area contributed by atoms with Crippen LogP contribution in [-0.2, 0) is 0 Å². The first-order valence-electron chi connectivity index (χ1n) is 5.87. The molecule has 0 saturated carbocycles. The average molecular weight is 225 g/mol. The molecule has 1 N–H and O–H groups in total. The summed E-state index contributed by atoms with van der Waals surface area (Å²) >= 11 is -2.85. The zero-order valence-electron chi connectivity index (χ0n) is 10.5. The molecule has 1 heterocycles. The van der Waals surface area contributed by atoms with Gasteiger partial charge in [0, 0.05) is 0 Å². The van der Waals surface area contributed by atoms with Crippen molar-refractivity contribution in [3.63, 3.8) is 0 Å². The van der Waals surface area contributed by atoms with Gasteiger partial charge in [-0.05, 0) is 0 Å². The summed E-state index contributed by atoms with van der Waals surface area (Å²) in [7, 11) is 0. The molecule has 80 valence electrons. The Labute approximate surface area is 94.8 Å². The fraction of sp³-hybridized carbons (Fsp3) is 0.909. The SMILES string of the molecule is C[C](C)(C)[Ca]1([C](C)(C)C)[CH2]CN[C]1=O. The molecule has 0 aromatic heterocycles. The quantitative estimate of drug-likeness (QED) is 0.629. The molecule has 0 spiro atoms. The van der Waals surface area contributed by atoms with Gasteiger partial charge < -0.3 is 0 Å². The summed E-state index contributed by atoms with van der Waals surface area (Å²) in [6, 6.07) is 0. The van der Waals surface area contributed by atoms with Gasteiger partial charge in [0.05, 0.1) is 0 Å². The fourth-order valence-electron chi connectivity index (χ4n) is 4.48.